The van der Waals surface area contributed by atoms with Crippen LogP contribution in [0.3, 0.4) is 0 Å². The monoisotopic (exact) mass is 412 g/mol. The van der Waals surface area contributed by atoms with Gasteiger partial charge in [-0.3, -0.25) is 5.10 Å². The maximum absolute atomic E-state index is 9.76. The summed E-state index contributed by atoms with van der Waals surface area (Å²) >= 11 is 12.5. The second-order valence-electron chi connectivity index (χ2n) is 6.14. The number of fused-ring (bicyclic) bond motifs is 1. The summed E-state index contributed by atoms with van der Waals surface area (Å²) in [5.41, 5.74) is 9.11. The summed E-state index contributed by atoms with van der Waals surface area (Å²) in [7, 11) is 1.60. The molecule has 0 unspecified atom stereocenters. The molecule has 3 N–H and O–H groups in total. The summed E-state index contributed by atoms with van der Waals surface area (Å²) in [6, 6.07) is 14.7. The fourth-order valence-electron chi connectivity index (χ4n) is 3.29. The van der Waals surface area contributed by atoms with Crippen LogP contribution in [0.25, 0.3) is 11.3 Å². The number of benzene rings is 2. The summed E-state index contributed by atoms with van der Waals surface area (Å²) in [5, 5.41) is 17.9. The largest absolute Gasteiger partial charge is 0.497 e. The summed E-state index contributed by atoms with van der Waals surface area (Å²) < 4.78 is 10.9. The van der Waals surface area contributed by atoms with E-state index in [2.05, 4.69) is 16.3 Å². The molecular formula is C20H14Cl2N4O2. The average Bonchev–Trinajstić information content (AvgIpc) is 3.10. The van der Waals surface area contributed by atoms with Crippen LogP contribution in [-0.2, 0) is 0 Å². The van der Waals surface area contributed by atoms with Crippen LogP contribution in [-0.4, -0.2) is 17.3 Å². The van der Waals surface area contributed by atoms with Gasteiger partial charge in [0, 0.05) is 15.6 Å². The minimum Gasteiger partial charge on any atom is -0.497 e. The number of methoxy groups -OCH3 is 1. The van der Waals surface area contributed by atoms with Crippen molar-refractivity contribution in [3.63, 3.8) is 0 Å². The lowest BCUT2D eigenvalue weighted by molar-refractivity contribution is 0.379. The Morgan fingerprint density at radius 1 is 1.25 bits per heavy atom. The molecule has 1 aliphatic heterocycles. The van der Waals surface area contributed by atoms with Crippen molar-refractivity contribution >= 4 is 23.2 Å². The third-order valence-corrected chi connectivity index (χ3v) is 5.13. The number of halogens is 2. The van der Waals surface area contributed by atoms with Gasteiger partial charge in [0.25, 0.3) is 0 Å². The molecule has 140 valence electrons. The number of nitrogens with two attached hydrogens (primary N) is 1. The van der Waals surface area contributed by atoms with Crippen LogP contribution >= 0.6 is 23.2 Å². The number of hydrogen-bond donors (Lipinski definition) is 2. The molecular weight excluding hydrogens is 399 g/mol. The number of H-pyrrole nitrogens is 1. The Kier molecular flexibility index (Phi) is 4.63. The van der Waals surface area contributed by atoms with E-state index in [9.17, 15) is 5.26 Å². The fourth-order valence-corrected chi connectivity index (χ4v) is 3.81. The van der Waals surface area contributed by atoms with Gasteiger partial charge < -0.3 is 15.2 Å². The first-order chi connectivity index (χ1) is 13.5. The number of ether oxygens (including phenoxy) is 2. The number of hydrogen-bond acceptors (Lipinski definition) is 5. The number of nitrogens with zero attached hydrogens (tertiary/aromatic N) is 2. The summed E-state index contributed by atoms with van der Waals surface area (Å²) in [5.74, 6) is 0.424. The van der Waals surface area contributed by atoms with Crippen molar-refractivity contribution in [1.29, 1.82) is 5.26 Å². The molecule has 0 saturated heterocycles. The van der Waals surface area contributed by atoms with E-state index in [0.29, 0.717) is 38.5 Å². The third-order valence-electron chi connectivity index (χ3n) is 4.57. The standard InChI is InChI=1S/C20H14Cl2N4O2/c1-27-12-4-2-3-10(7-12)18-17-16(13-6-5-11(21)8-15(13)22)14(9-23)19(24)28-20(17)26-25-18/h2-8,16H,24H2,1H3,(H,25,26)/t16-/m1/s1. The highest BCUT2D eigenvalue weighted by Crippen LogP contribution is 2.47. The molecule has 0 aliphatic carbocycles. The molecule has 0 spiro atoms. The molecule has 6 nitrogen and oxygen atoms in total. The molecule has 1 atom stereocenters. The Morgan fingerprint density at radius 2 is 2.07 bits per heavy atom. The summed E-state index contributed by atoms with van der Waals surface area (Å²) in [4.78, 5) is 0. The minimum atomic E-state index is -0.557. The number of nitrogens with one attached hydrogen (secondary N) is 1. The van der Waals surface area contributed by atoms with Crippen molar-refractivity contribution in [2.75, 3.05) is 7.11 Å². The van der Waals surface area contributed by atoms with Gasteiger partial charge in [-0.15, -0.1) is 5.10 Å². The SMILES string of the molecule is COc1cccc(-c2[nH]nc3c2[C@H](c2ccc(Cl)cc2Cl)C(C#N)=C(N)O3)c1. The zero-order valence-electron chi connectivity index (χ0n) is 14.7. The van der Waals surface area contributed by atoms with Crippen LogP contribution in [0.2, 0.25) is 10.0 Å². The van der Waals surface area contributed by atoms with Crippen LogP contribution in [0.5, 0.6) is 11.6 Å². The zero-order chi connectivity index (χ0) is 19.8. The maximum atomic E-state index is 9.76. The number of aromatic nitrogens is 2. The van der Waals surface area contributed by atoms with Crippen molar-refractivity contribution < 1.29 is 9.47 Å². The molecule has 0 bridgehead atoms. The smallest absolute Gasteiger partial charge is 0.244 e. The van der Waals surface area contributed by atoms with E-state index in [4.69, 9.17) is 38.4 Å². The second kappa shape index (κ2) is 7.12. The van der Waals surface area contributed by atoms with Crippen LogP contribution < -0.4 is 15.2 Å². The Hall–Kier alpha value is -3.14. The molecule has 3 aromatic rings. The van der Waals surface area contributed by atoms with Gasteiger partial charge in [-0.25, -0.2) is 0 Å². The quantitative estimate of drug-likeness (QED) is 0.654. The van der Waals surface area contributed by atoms with E-state index in [-0.39, 0.29) is 11.5 Å². The topological polar surface area (TPSA) is 97.0 Å². The predicted octanol–water partition coefficient (Wildman–Crippen LogP) is 4.61. The van der Waals surface area contributed by atoms with E-state index in [1.165, 1.54) is 0 Å². The molecule has 0 fully saturated rings. The van der Waals surface area contributed by atoms with Gasteiger partial charge in [-0.05, 0) is 29.8 Å². The van der Waals surface area contributed by atoms with Crippen LogP contribution in [0.4, 0.5) is 0 Å². The highest BCUT2D eigenvalue weighted by atomic mass is 35.5. The molecule has 2 heterocycles. The predicted molar refractivity (Wildman–Crippen MR) is 106 cm³/mol. The Balaban J connectivity index is 1.96. The van der Waals surface area contributed by atoms with Crippen molar-refractivity contribution in [2.45, 2.75) is 5.92 Å². The number of allylic oxidation sites excluding steroid dienone is 1. The van der Waals surface area contributed by atoms with Crippen molar-refractivity contribution in [2.24, 2.45) is 5.73 Å². The average molecular weight is 413 g/mol. The Labute approximate surface area is 171 Å². The highest BCUT2D eigenvalue weighted by molar-refractivity contribution is 6.35. The molecule has 1 aromatic heterocycles. The third kappa shape index (κ3) is 2.95. The minimum absolute atomic E-state index is 0.00490. The van der Waals surface area contributed by atoms with E-state index in [0.717, 1.165) is 5.56 Å². The molecule has 0 radical (unpaired) electrons. The Bertz CT molecular complexity index is 1150. The zero-order valence-corrected chi connectivity index (χ0v) is 16.2. The van der Waals surface area contributed by atoms with Gasteiger partial charge in [-0.2, -0.15) is 5.26 Å². The van der Waals surface area contributed by atoms with Gasteiger partial charge in [0.2, 0.25) is 11.8 Å². The van der Waals surface area contributed by atoms with E-state index in [1.54, 1.807) is 25.3 Å². The number of rotatable bonds is 3. The van der Waals surface area contributed by atoms with Crippen molar-refractivity contribution in [3.8, 4) is 29.0 Å². The summed E-state index contributed by atoms with van der Waals surface area (Å²) in [6.07, 6.45) is 0. The van der Waals surface area contributed by atoms with Crippen molar-refractivity contribution in [3.05, 3.63) is 75.1 Å². The fraction of sp³-hybridized carbons (Fsp3) is 0.100. The summed E-state index contributed by atoms with van der Waals surface area (Å²) in [6.45, 7) is 0. The van der Waals surface area contributed by atoms with E-state index >= 15 is 0 Å². The first-order valence-electron chi connectivity index (χ1n) is 8.28. The lowest BCUT2D eigenvalue weighted by Crippen LogP contribution is -2.21. The molecule has 2 aromatic carbocycles. The normalized spacial score (nSPS) is 15.6. The van der Waals surface area contributed by atoms with Crippen LogP contribution in [0.1, 0.15) is 17.0 Å². The van der Waals surface area contributed by atoms with Gasteiger partial charge in [-0.1, -0.05) is 41.4 Å². The lowest BCUT2D eigenvalue weighted by atomic mass is 9.83. The lowest BCUT2D eigenvalue weighted by Gasteiger charge is -2.25. The second-order valence-corrected chi connectivity index (χ2v) is 6.98. The number of aromatic amines is 1. The first-order valence-corrected chi connectivity index (χ1v) is 9.04. The highest BCUT2D eigenvalue weighted by Gasteiger charge is 2.36. The van der Waals surface area contributed by atoms with Gasteiger partial charge in [0.1, 0.15) is 17.4 Å². The molecule has 8 heteroatoms. The molecule has 4 rings (SSSR count). The van der Waals surface area contributed by atoms with Gasteiger partial charge >= 0.3 is 0 Å². The first kappa shape index (κ1) is 18.2. The van der Waals surface area contributed by atoms with Gasteiger partial charge in [0.15, 0.2) is 0 Å². The van der Waals surface area contributed by atoms with E-state index < -0.39 is 5.92 Å². The number of nitriles is 1. The molecule has 0 saturated carbocycles. The van der Waals surface area contributed by atoms with E-state index in [1.807, 2.05) is 24.3 Å². The van der Waals surface area contributed by atoms with Crippen molar-refractivity contribution in [1.82, 2.24) is 10.2 Å². The van der Waals surface area contributed by atoms with Crippen LogP contribution in [0, 0.1) is 11.3 Å². The van der Waals surface area contributed by atoms with Crippen LogP contribution in [0.15, 0.2) is 53.9 Å². The molecule has 28 heavy (non-hydrogen) atoms. The molecule has 1 aliphatic rings. The maximum Gasteiger partial charge on any atom is 0.244 e. The molecule has 0 amide bonds. The Morgan fingerprint density at radius 3 is 2.79 bits per heavy atom. The van der Waals surface area contributed by atoms with Gasteiger partial charge in [0.05, 0.1) is 24.3 Å².